The van der Waals surface area contributed by atoms with E-state index in [1.54, 1.807) is 0 Å². The summed E-state index contributed by atoms with van der Waals surface area (Å²) in [7, 11) is 4.10. The van der Waals surface area contributed by atoms with Crippen molar-refractivity contribution < 1.29 is 0 Å². The van der Waals surface area contributed by atoms with Crippen LogP contribution in [0.5, 0.6) is 0 Å². The smallest absolute Gasteiger partial charge is 0.193 e. The first-order chi connectivity index (χ1) is 10.1. The van der Waals surface area contributed by atoms with Gasteiger partial charge in [-0.15, -0.1) is 24.0 Å². The molecule has 1 unspecified atom stereocenters. The summed E-state index contributed by atoms with van der Waals surface area (Å²) in [5.74, 6) is 2.31. The van der Waals surface area contributed by atoms with Gasteiger partial charge in [0.15, 0.2) is 5.96 Å². The molecule has 0 saturated carbocycles. The van der Waals surface area contributed by atoms with Crippen LogP contribution in [-0.2, 0) is 0 Å². The Hall–Kier alpha value is 0.310. The molecular weight excluding hydrogens is 407 g/mol. The minimum Gasteiger partial charge on any atom is -0.356 e. The van der Waals surface area contributed by atoms with Crippen molar-refractivity contribution in [1.82, 2.24) is 15.1 Å². The van der Waals surface area contributed by atoms with Crippen LogP contribution >= 0.6 is 35.7 Å². The molecule has 1 rings (SSSR count). The lowest BCUT2D eigenvalue weighted by atomic mass is 10.2. The highest BCUT2D eigenvalue weighted by molar-refractivity contribution is 14.0. The zero-order valence-corrected chi connectivity index (χ0v) is 18.1. The molecule has 1 N–H and O–H groups in total. The molecule has 4 nitrogen and oxygen atoms in total. The van der Waals surface area contributed by atoms with Crippen molar-refractivity contribution in [2.45, 2.75) is 51.3 Å². The maximum atomic E-state index is 4.45. The fourth-order valence-corrected chi connectivity index (χ4v) is 3.62. The van der Waals surface area contributed by atoms with Gasteiger partial charge in [-0.05, 0) is 46.7 Å². The quantitative estimate of drug-likeness (QED) is 0.284. The molecule has 1 heterocycles. The molecule has 132 valence electrons. The standard InChI is InChI=1S/C16H34N4S.HI/c1-6-15-13-20(11-12-21-15)16(17-4)18-9-7-8-10-19(5)14(2)3;/h14-15H,6-13H2,1-5H3,(H,17,18);1H. The number of aliphatic imine (C=N–C) groups is 1. The maximum Gasteiger partial charge on any atom is 0.193 e. The van der Waals surface area contributed by atoms with E-state index in [0.29, 0.717) is 6.04 Å². The van der Waals surface area contributed by atoms with Crippen molar-refractivity contribution in [2.75, 3.05) is 46.0 Å². The Morgan fingerprint density at radius 1 is 1.41 bits per heavy atom. The molecule has 22 heavy (non-hydrogen) atoms. The molecule has 1 aliphatic heterocycles. The van der Waals surface area contributed by atoms with E-state index < -0.39 is 0 Å². The molecule has 1 fully saturated rings. The molecule has 1 atom stereocenters. The molecule has 0 spiro atoms. The highest BCUT2D eigenvalue weighted by Gasteiger charge is 2.21. The van der Waals surface area contributed by atoms with Gasteiger partial charge in [0, 0.05) is 43.7 Å². The van der Waals surface area contributed by atoms with Crippen LogP contribution < -0.4 is 5.32 Å². The number of unbranched alkanes of at least 4 members (excludes halogenated alkanes) is 1. The van der Waals surface area contributed by atoms with Crippen molar-refractivity contribution in [1.29, 1.82) is 0 Å². The third-order valence-electron chi connectivity index (χ3n) is 4.21. The highest BCUT2D eigenvalue weighted by atomic mass is 127. The molecule has 0 aromatic heterocycles. The van der Waals surface area contributed by atoms with Crippen molar-refractivity contribution in [2.24, 2.45) is 4.99 Å². The van der Waals surface area contributed by atoms with Crippen LogP contribution in [0.15, 0.2) is 4.99 Å². The van der Waals surface area contributed by atoms with Gasteiger partial charge in [0.25, 0.3) is 0 Å². The van der Waals surface area contributed by atoms with Gasteiger partial charge in [0.05, 0.1) is 0 Å². The van der Waals surface area contributed by atoms with E-state index in [9.17, 15) is 0 Å². The van der Waals surface area contributed by atoms with Gasteiger partial charge < -0.3 is 15.1 Å². The normalized spacial score (nSPS) is 19.5. The Kier molecular flexibility index (Phi) is 12.9. The van der Waals surface area contributed by atoms with Gasteiger partial charge >= 0.3 is 0 Å². The topological polar surface area (TPSA) is 30.9 Å². The summed E-state index contributed by atoms with van der Waals surface area (Å²) in [5.41, 5.74) is 0. The van der Waals surface area contributed by atoms with Crippen molar-refractivity contribution in [3.8, 4) is 0 Å². The average Bonchev–Trinajstić information content (AvgIpc) is 2.50. The van der Waals surface area contributed by atoms with Crippen molar-refractivity contribution in [3.63, 3.8) is 0 Å². The third-order valence-corrected chi connectivity index (χ3v) is 5.58. The van der Waals surface area contributed by atoms with E-state index >= 15 is 0 Å². The van der Waals surface area contributed by atoms with Gasteiger partial charge in [-0.2, -0.15) is 11.8 Å². The van der Waals surface area contributed by atoms with E-state index in [1.165, 1.54) is 31.6 Å². The molecule has 0 aromatic rings. The van der Waals surface area contributed by atoms with Crippen LogP contribution in [0.3, 0.4) is 0 Å². The SMILES string of the molecule is CCC1CN(C(=NC)NCCCCN(C)C(C)C)CCS1.I. The molecule has 1 aliphatic rings. The third kappa shape index (κ3) is 8.24. The van der Waals surface area contributed by atoms with Gasteiger partial charge in [0.2, 0.25) is 0 Å². The van der Waals surface area contributed by atoms with Gasteiger partial charge in [0.1, 0.15) is 0 Å². The van der Waals surface area contributed by atoms with Crippen LogP contribution in [0.4, 0.5) is 0 Å². The van der Waals surface area contributed by atoms with Crippen LogP contribution in [0, 0.1) is 0 Å². The number of rotatable bonds is 7. The first-order valence-electron chi connectivity index (χ1n) is 8.35. The summed E-state index contributed by atoms with van der Waals surface area (Å²) in [6.07, 6.45) is 3.70. The molecule has 0 aliphatic carbocycles. The predicted molar refractivity (Wildman–Crippen MR) is 112 cm³/mol. The first-order valence-corrected chi connectivity index (χ1v) is 9.40. The Morgan fingerprint density at radius 2 is 2.14 bits per heavy atom. The summed E-state index contributed by atoms with van der Waals surface area (Å²) in [6, 6.07) is 0.641. The molecule has 0 amide bonds. The van der Waals surface area contributed by atoms with Crippen LogP contribution in [-0.4, -0.2) is 73.1 Å². The van der Waals surface area contributed by atoms with Crippen LogP contribution in [0.2, 0.25) is 0 Å². The van der Waals surface area contributed by atoms with Gasteiger partial charge in [-0.25, -0.2) is 0 Å². The van der Waals surface area contributed by atoms with Crippen LogP contribution in [0.25, 0.3) is 0 Å². The minimum absolute atomic E-state index is 0. The Balaban J connectivity index is 0.00000441. The first kappa shape index (κ1) is 22.3. The van der Waals surface area contributed by atoms with E-state index in [-0.39, 0.29) is 24.0 Å². The summed E-state index contributed by atoms with van der Waals surface area (Å²) >= 11 is 2.10. The van der Waals surface area contributed by atoms with E-state index in [2.05, 4.69) is 59.7 Å². The van der Waals surface area contributed by atoms with Crippen molar-refractivity contribution in [3.05, 3.63) is 0 Å². The second-order valence-electron chi connectivity index (χ2n) is 6.10. The van der Waals surface area contributed by atoms with Gasteiger partial charge in [-0.1, -0.05) is 6.92 Å². The molecule has 6 heteroatoms. The van der Waals surface area contributed by atoms with E-state index in [1.807, 2.05) is 7.05 Å². The average molecular weight is 442 g/mol. The second-order valence-corrected chi connectivity index (χ2v) is 7.51. The largest absolute Gasteiger partial charge is 0.356 e. The number of guanidine groups is 1. The molecule has 1 saturated heterocycles. The number of thioether (sulfide) groups is 1. The number of nitrogens with zero attached hydrogens (tertiary/aromatic N) is 3. The fraction of sp³-hybridized carbons (Fsp3) is 0.938. The summed E-state index contributed by atoms with van der Waals surface area (Å²) in [5, 5.41) is 4.30. The summed E-state index contributed by atoms with van der Waals surface area (Å²) in [4.78, 5) is 9.28. The number of halogens is 1. The fourth-order valence-electron chi connectivity index (χ4n) is 2.44. The Labute approximate surface area is 158 Å². The lowest BCUT2D eigenvalue weighted by Gasteiger charge is -2.34. The van der Waals surface area contributed by atoms with Gasteiger partial charge in [-0.3, -0.25) is 4.99 Å². The molecule has 0 radical (unpaired) electrons. The van der Waals surface area contributed by atoms with Crippen molar-refractivity contribution >= 4 is 41.7 Å². The van der Waals surface area contributed by atoms with E-state index in [0.717, 1.165) is 30.8 Å². The number of hydrogen-bond donors (Lipinski definition) is 1. The van der Waals surface area contributed by atoms with Crippen LogP contribution in [0.1, 0.15) is 40.0 Å². The van der Waals surface area contributed by atoms with E-state index in [4.69, 9.17) is 0 Å². The highest BCUT2D eigenvalue weighted by Crippen LogP contribution is 2.20. The summed E-state index contributed by atoms with van der Waals surface area (Å²) in [6.45, 7) is 11.2. The lowest BCUT2D eigenvalue weighted by molar-refractivity contribution is 0.268. The Bertz CT molecular complexity index is 313. The zero-order chi connectivity index (χ0) is 15.7. The monoisotopic (exact) mass is 442 g/mol. The summed E-state index contributed by atoms with van der Waals surface area (Å²) < 4.78 is 0. The Morgan fingerprint density at radius 3 is 2.73 bits per heavy atom. The maximum absolute atomic E-state index is 4.45. The zero-order valence-electron chi connectivity index (χ0n) is 15.0. The minimum atomic E-state index is 0. The lowest BCUT2D eigenvalue weighted by Crippen LogP contribution is -2.48. The number of nitrogens with one attached hydrogen (secondary N) is 1. The molecule has 0 aromatic carbocycles. The molecule has 0 bridgehead atoms. The molecular formula is C16H35IN4S. The number of hydrogen-bond acceptors (Lipinski definition) is 3. The predicted octanol–water partition coefficient (Wildman–Crippen LogP) is 3.13. The second kappa shape index (κ2) is 12.7.